The number of hydrogen-bond acceptors (Lipinski definition) is 3. The van der Waals surface area contributed by atoms with E-state index >= 15 is 0 Å². The minimum Gasteiger partial charge on any atom is -0.467 e. The molecule has 0 spiro atoms. The van der Waals surface area contributed by atoms with E-state index in [1.54, 1.807) is 11.2 Å². The Labute approximate surface area is 130 Å². The number of rotatable bonds is 4. The van der Waals surface area contributed by atoms with E-state index in [0.717, 1.165) is 18.1 Å². The third-order valence-electron chi connectivity index (χ3n) is 5.58. The van der Waals surface area contributed by atoms with Crippen LogP contribution >= 0.6 is 0 Å². The Morgan fingerprint density at radius 3 is 2.95 bits per heavy atom. The Morgan fingerprint density at radius 1 is 1.36 bits per heavy atom. The van der Waals surface area contributed by atoms with Crippen molar-refractivity contribution in [2.24, 2.45) is 17.8 Å². The molecular weight excluding hydrogens is 280 g/mol. The molecule has 1 aromatic rings. The van der Waals surface area contributed by atoms with Gasteiger partial charge in [-0.15, -0.1) is 0 Å². The van der Waals surface area contributed by atoms with Gasteiger partial charge in [-0.2, -0.15) is 0 Å². The zero-order valence-electron chi connectivity index (χ0n) is 12.7. The average molecular weight is 302 g/mol. The molecule has 0 aromatic carbocycles. The predicted octanol–water partition coefficient (Wildman–Crippen LogP) is 1.93. The molecule has 5 nitrogen and oxygen atoms in total. The van der Waals surface area contributed by atoms with Crippen molar-refractivity contribution in [2.45, 2.75) is 44.7 Å². The van der Waals surface area contributed by atoms with Gasteiger partial charge < -0.3 is 14.6 Å². The van der Waals surface area contributed by atoms with Crippen molar-refractivity contribution < 1.29 is 14.0 Å². The highest BCUT2D eigenvalue weighted by molar-refractivity contribution is 5.89. The first-order valence-corrected chi connectivity index (χ1v) is 8.29. The number of carbonyl (C=O) groups is 2. The fourth-order valence-electron chi connectivity index (χ4n) is 4.41. The van der Waals surface area contributed by atoms with Crippen LogP contribution in [0.5, 0.6) is 0 Å². The second-order valence-corrected chi connectivity index (χ2v) is 7.04. The lowest BCUT2D eigenvalue weighted by Crippen LogP contribution is -2.42. The van der Waals surface area contributed by atoms with Gasteiger partial charge in [-0.25, -0.2) is 0 Å². The summed E-state index contributed by atoms with van der Waals surface area (Å²) in [6.45, 7) is 0.968. The molecule has 2 amide bonds. The molecule has 1 aromatic heterocycles. The maximum Gasteiger partial charge on any atom is 0.225 e. The van der Waals surface area contributed by atoms with Gasteiger partial charge in [0.2, 0.25) is 11.8 Å². The molecule has 3 aliphatic rings. The van der Waals surface area contributed by atoms with Crippen molar-refractivity contribution in [1.29, 1.82) is 0 Å². The SMILES string of the molecule is O=C(N[C@H]1C[C@H]2CC[C@H]1C2)[C@@H]1CC(=O)N(Cc2ccco2)C1. The summed E-state index contributed by atoms with van der Waals surface area (Å²) in [5.74, 6) is 2.16. The van der Waals surface area contributed by atoms with Gasteiger partial charge in [-0.3, -0.25) is 9.59 Å². The van der Waals surface area contributed by atoms with Crippen LogP contribution in [0, 0.1) is 17.8 Å². The molecular formula is C17H22N2O3. The number of furan rings is 1. The summed E-state index contributed by atoms with van der Waals surface area (Å²) in [4.78, 5) is 26.3. The van der Waals surface area contributed by atoms with E-state index in [0.29, 0.717) is 31.5 Å². The molecule has 2 aliphatic carbocycles. The summed E-state index contributed by atoms with van der Waals surface area (Å²) < 4.78 is 5.29. The van der Waals surface area contributed by atoms with Crippen molar-refractivity contribution in [3.63, 3.8) is 0 Å². The monoisotopic (exact) mass is 302 g/mol. The van der Waals surface area contributed by atoms with Gasteiger partial charge in [0.1, 0.15) is 5.76 Å². The van der Waals surface area contributed by atoms with E-state index in [1.807, 2.05) is 12.1 Å². The number of hydrogen-bond donors (Lipinski definition) is 1. The summed E-state index contributed by atoms with van der Waals surface area (Å²) in [7, 11) is 0. The Balaban J connectivity index is 1.33. The van der Waals surface area contributed by atoms with Crippen LogP contribution in [0.3, 0.4) is 0 Å². The minimum absolute atomic E-state index is 0.0458. The van der Waals surface area contributed by atoms with Gasteiger partial charge in [0, 0.05) is 19.0 Å². The third kappa shape index (κ3) is 2.53. The van der Waals surface area contributed by atoms with Gasteiger partial charge in [0.15, 0.2) is 0 Å². The topological polar surface area (TPSA) is 62.6 Å². The molecule has 0 unspecified atom stereocenters. The normalized spacial score (nSPS) is 33.6. The molecule has 118 valence electrons. The maximum atomic E-state index is 12.5. The van der Waals surface area contributed by atoms with Crippen LogP contribution in [0.4, 0.5) is 0 Å². The second-order valence-electron chi connectivity index (χ2n) is 7.04. The summed E-state index contributed by atoms with van der Waals surface area (Å²) >= 11 is 0. The largest absolute Gasteiger partial charge is 0.467 e. The molecule has 3 fully saturated rings. The van der Waals surface area contributed by atoms with Crippen molar-refractivity contribution in [3.05, 3.63) is 24.2 Å². The molecule has 2 bridgehead atoms. The van der Waals surface area contributed by atoms with Crippen LogP contribution in [0.1, 0.15) is 37.9 Å². The third-order valence-corrected chi connectivity index (χ3v) is 5.58. The highest BCUT2D eigenvalue weighted by Crippen LogP contribution is 2.44. The van der Waals surface area contributed by atoms with Crippen LogP contribution in [0.2, 0.25) is 0 Å². The Bertz CT molecular complexity index is 568. The molecule has 1 saturated heterocycles. The predicted molar refractivity (Wildman–Crippen MR) is 79.6 cm³/mol. The van der Waals surface area contributed by atoms with Crippen molar-refractivity contribution in [3.8, 4) is 0 Å². The Kier molecular flexibility index (Phi) is 3.43. The van der Waals surface area contributed by atoms with E-state index in [9.17, 15) is 9.59 Å². The Hall–Kier alpha value is -1.78. The lowest BCUT2D eigenvalue weighted by atomic mass is 9.94. The number of nitrogens with one attached hydrogen (secondary N) is 1. The van der Waals surface area contributed by atoms with Crippen molar-refractivity contribution >= 4 is 11.8 Å². The molecule has 5 heteroatoms. The summed E-state index contributed by atoms with van der Waals surface area (Å²) in [6.07, 6.45) is 6.93. The van der Waals surface area contributed by atoms with Crippen LogP contribution in [-0.4, -0.2) is 29.3 Å². The lowest BCUT2D eigenvalue weighted by molar-refractivity contribution is -0.129. The standard InChI is InChI=1S/C17H22N2O3/c20-16-8-13(9-19(16)10-14-2-1-5-22-14)17(21)18-15-7-11-3-4-12(15)6-11/h1-2,5,11-13,15H,3-4,6-10H2,(H,18,21)/t11-,12-,13+,15-/m0/s1. The van der Waals surface area contributed by atoms with Gasteiger partial charge >= 0.3 is 0 Å². The van der Waals surface area contributed by atoms with Gasteiger partial charge in [-0.05, 0) is 43.2 Å². The highest BCUT2D eigenvalue weighted by Gasteiger charge is 2.42. The molecule has 0 radical (unpaired) electrons. The molecule has 1 aliphatic heterocycles. The molecule has 4 atom stereocenters. The Morgan fingerprint density at radius 2 is 2.27 bits per heavy atom. The quantitative estimate of drug-likeness (QED) is 0.924. The number of carbonyl (C=O) groups excluding carboxylic acids is 2. The molecule has 2 saturated carbocycles. The fourth-order valence-corrected chi connectivity index (χ4v) is 4.41. The number of nitrogens with zero attached hydrogens (tertiary/aromatic N) is 1. The van der Waals surface area contributed by atoms with Gasteiger partial charge in [-0.1, -0.05) is 6.42 Å². The highest BCUT2D eigenvalue weighted by atomic mass is 16.3. The van der Waals surface area contributed by atoms with Crippen LogP contribution < -0.4 is 5.32 Å². The minimum atomic E-state index is -0.207. The van der Waals surface area contributed by atoms with E-state index in [2.05, 4.69) is 5.32 Å². The van der Waals surface area contributed by atoms with E-state index in [-0.39, 0.29) is 17.7 Å². The number of likely N-dealkylation sites (tertiary alicyclic amines) is 1. The van der Waals surface area contributed by atoms with Gasteiger partial charge in [0.05, 0.1) is 18.7 Å². The molecule has 2 heterocycles. The van der Waals surface area contributed by atoms with Crippen molar-refractivity contribution in [1.82, 2.24) is 10.2 Å². The molecule has 4 rings (SSSR count). The summed E-state index contributed by atoms with van der Waals surface area (Å²) in [5, 5.41) is 3.21. The van der Waals surface area contributed by atoms with E-state index < -0.39 is 0 Å². The lowest BCUT2D eigenvalue weighted by Gasteiger charge is -2.24. The molecule has 22 heavy (non-hydrogen) atoms. The molecule has 1 N–H and O–H groups in total. The first-order valence-electron chi connectivity index (χ1n) is 8.29. The van der Waals surface area contributed by atoms with Gasteiger partial charge in [0.25, 0.3) is 0 Å². The van der Waals surface area contributed by atoms with Crippen LogP contribution in [0.25, 0.3) is 0 Å². The second kappa shape index (κ2) is 5.45. The summed E-state index contributed by atoms with van der Waals surface area (Å²) in [6, 6.07) is 4.02. The van der Waals surface area contributed by atoms with E-state index in [1.165, 1.54) is 19.3 Å². The summed E-state index contributed by atoms with van der Waals surface area (Å²) in [5.41, 5.74) is 0. The first-order chi connectivity index (χ1) is 10.7. The van der Waals surface area contributed by atoms with Crippen molar-refractivity contribution in [2.75, 3.05) is 6.54 Å². The first kappa shape index (κ1) is 13.9. The van der Waals surface area contributed by atoms with Crippen LogP contribution in [-0.2, 0) is 16.1 Å². The van der Waals surface area contributed by atoms with Crippen LogP contribution in [0.15, 0.2) is 22.8 Å². The number of fused-ring (bicyclic) bond motifs is 2. The smallest absolute Gasteiger partial charge is 0.225 e. The zero-order chi connectivity index (χ0) is 15.1. The number of amides is 2. The van der Waals surface area contributed by atoms with E-state index in [4.69, 9.17) is 4.42 Å². The average Bonchev–Trinajstić information content (AvgIpc) is 3.25. The zero-order valence-corrected chi connectivity index (χ0v) is 12.7. The fraction of sp³-hybridized carbons (Fsp3) is 0.647. The maximum absolute atomic E-state index is 12.5.